The summed E-state index contributed by atoms with van der Waals surface area (Å²) in [6, 6.07) is 15.7. The van der Waals surface area contributed by atoms with Crippen LogP contribution in [-0.4, -0.2) is 28.0 Å². The Morgan fingerprint density at radius 2 is 1.89 bits per heavy atom. The number of fused-ring (bicyclic) bond motifs is 1. The van der Waals surface area contributed by atoms with Gasteiger partial charge in [0.25, 0.3) is 0 Å². The maximum atomic E-state index is 12.4. The number of carbonyl (C=O) groups excluding carboxylic acids is 2. The highest BCUT2D eigenvalue weighted by molar-refractivity contribution is 8.01. The Labute approximate surface area is 168 Å². The van der Waals surface area contributed by atoms with Crippen molar-refractivity contribution in [3.05, 3.63) is 59.9 Å². The van der Waals surface area contributed by atoms with Gasteiger partial charge in [0, 0.05) is 6.07 Å². The number of nitrogens with zero attached hydrogens (tertiary/aromatic N) is 1. The van der Waals surface area contributed by atoms with Crippen LogP contribution in [0.25, 0.3) is 10.8 Å². The van der Waals surface area contributed by atoms with Crippen molar-refractivity contribution in [2.75, 3.05) is 11.1 Å². The predicted octanol–water partition coefficient (Wildman–Crippen LogP) is 4.07. The third-order valence-corrected chi connectivity index (χ3v) is 5.52. The molecule has 6 nitrogen and oxygen atoms in total. The summed E-state index contributed by atoms with van der Waals surface area (Å²) < 4.78 is 4.92. The highest BCUT2D eigenvalue weighted by Crippen LogP contribution is 2.24. The third kappa shape index (κ3) is 4.92. The summed E-state index contributed by atoms with van der Waals surface area (Å²) in [4.78, 5) is 24.5. The maximum absolute atomic E-state index is 12.4. The smallest absolute Gasteiger partial charge is 0.238 e. The van der Waals surface area contributed by atoms with E-state index in [9.17, 15) is 9.59 Å². The SMILES string of the molecule is Cc1cc(NC(=O)C(C)SCC(=O)NC(C)c2cccc3ccccc23)no1. The molecule has 2 amide bonds. The zero-order valence-corrected chi connectivity index (χ0v) is 16.9. The maximum Gasteiger partial charge on any atom is 0.238 e. The number of carbonyl (C=O) groups is 2. The third-order valence-electron chi connectivity index (χ3n) is 4.38. The molecule has 146 valence electrons. The summed E-state index contributed by atoms with van der Waals surface area (Å²) in [6.45, 7) is 5.48. The van der Waals surface area contributed by atoms with E-state index in [2.05, 4.69) is 34.0 Å². The lowest BCUT2D eigenvalue weighted by molar-refractivity contribution is -0.119. The Bertz CT molecular complexity index is 980. The molecule has 0 saturated heterocycles. The summed E-state index contributed by atoms with van der Waals surface area (Å²) in [6.07, 6.45) is 0. The fraction of sp³-hybridized carbons (Fsp3) is 0.286. The van der Waals surface area contributed by atoms with Gasteiger partial charge in [-0.3, -0.25) is 9.59 Å². The average Bonchev–Trinajstić information content (AvgIpc) is 3.10. The number of aromatic nitrogens is 1. The lowest BCUT2D eigenvalue weighted by Crippen LogP contribution is -2.30. The molecule has 2 N–H and O–H groups in total. The Balaban J connectivity index is 1.52. The number of aryl methyl sites for hydroxylation is 1. The molecule has 0 bridgehead atoms. The molecule has 7 heteroatoms. The van der Waals surface area contributed by atoms with E-state index in [4.69, 9.17) is 4.52 Å². The van der Waals surface area contributed by atoms with Gasteiger partial charge in [-0.05, 0) is 37.1 Å². The second kappa shape index (κ2) is 8.93. The van der Waals surface area contributed by atoms with Crippen LogP contribution in [0.15, 0.2) is 53.1 Å². The molecule has 1 aromatic heterocycles. The van der Waals surface area contributed by atoms with Gasteiger partial charge in [-0.2, -0.15) is 0 Å². The molecule has 3 aromatic rings. The topological polar surface area (TPSA) is 84.2 Å². The van der Waals surface area contributed by atoms with Crippen LogP contribution >= 0.6 is 11.8 Å². The highest BCUT2D eigenvalue weighted by Gasteiger charge is 2.18. The Hall–Kier alpha value is -2.80. The first kappa shape index (κ1) is 19.9. The number of benzene rings is 2. The van der Waals surface area contributed by atoms with E-state index in [0.717, 1.165) is 16.3 Å². The molecule has 1 heterocycles. The second-order valence-corrected chi connectivity index (χ2v) is 7.95. The monoisotopic (exact) mass is 397 g/mol. The van der Waals surface area contributed by atoms with Crippen LogP contribution in [-0.2, 0) is 9.59 Å². The van der Waals surface area contributed by atoms with E-state index in [0.29, 0.717) is 11.6 Å². The zero-order valence-electron chi connectivity index (χ0n) is 16.1. The average molecular weight is 398 g/mol. The van der Waals surface area contributed by atoms with Gasteiger partial charge in [0.15, 0.2) is 5.82 Å². The minimum absolute atomic E-state index is 0.109. The zero-order chi connectivity index (χ0) is 20.1. The summed E-state index contributed by atoms with van der Waals surface area (Å²) >= 11 is 1.28. The normalized spacial score (nSPS) is 13.1. The first-order valence-electron chi connectivity index (χ1n) is 9.07. The van der Waals surface area contributed by atoms with Crippen molar-refractivity contribution in [3.8, 4) is 0 Å². The van der Waals surface area contributed by atoms with E-state index in [1.54, 1.807) is 19.9 Å². The number of hydrogen-bond donors (Lipinski definition) is 2. The number of rotatable bonds is 7. The fourth-order valence-corrected chi connectivity index (χ4v) is 3.61. The van der Waals surface area contributed by atoms with Crippen molar-refractivity contribution in [1.82, 2.24) is 10.5 Å². The van der Waals surface area contributed by atoms with Gasteiger partial charge in [-0.1, -0.05) is 47.6 Å². The van der Waals surface area contributed by atoms with E-state index in [1.165, 1.54) is 11.8 Å². The van der Waals surface area contributed by atoms with Crippen molar-refractivity contribution < 1.29 is 14.1 Å². The summed E-state index contributed by atoms with van der Waals surface area (Å²) in [7, 11) is 0. The van der Waals surface area contributed by atoms with Gasteiger partial charge in [-0.25, -0.2) is 0 Å². The lowest BCUT2D eigenvalue weighted by atomic mass is 10.00. The van der Waals surface area contributed by atoms with Gasteiger partial charge < -0.3 is 15.2 Å². The molecule has 0 radical (unpaired) electrons. The number of nitrogens with one attached hydrogen (secondary N) is 2. The van der Waals surface area contributed by atoms with Gasteiger partial charge in [0.1, 0.15) is 5.76 Å². The molecule has 3 rings (SSSR count). The van der Waals surface area contributed by atoms with Crippen molar-refractivity contribution >= 4 is 40.2 Å². The van der Waals surface area contributed by atoms with E-state index < -0.39 is 5.25 Å². The molecule has 2 aromatic carbocycles. The lowest BCUT2D eigenvalue weighted by Gasteiger charge is -2.17. The quantitative estimate of drug-likeness (QED) is 0.628. The molecular weight excluding hydrogens is 374 g/mol. The van der Waals surface area contributed by atoms with Crippen LogP contribution in [0.2, 0.25) is 0 Å². The number of hydrogen-bond acceptors (Lipinski definition) is 5. The van der Waals surface area contributed by atoms with Crippen LogP contribution in [0.3, 0.4) is 0 Å². The highest BCUT2D eigenvalue weighted by atomic mass is 32.2. The number of amides is 2. The van der Waals surface area contributed by atoms with Crippen LogP contribution in [0.4, 0.5) is 5.82 Å². The summed E-state index contributed by atoms with van der Waals surface area (Å²) in [5.41, 5.74) is 1.07. The molecule has 0 fully saturated rings. The molecule has 0 spiro atoms. The molecule has 0 aliphatic carbocycles. The molecule has 0 saturated carbocycles. The van der Waals surface area contributed by atoms with E-state index in [-0.39, 0.29) is 23.6 Å². The van der Waals surface area contributed by atoms with E-state index >= 15 is 0 Å². The molecule has 2 atom stereocenters. The minimum Gasteiger partial charge on any atom is -0.360 e. The first-order valence-corrected chi connectivity index (χ1v) is 10.1. The Morgan fingerprint density at radius 3 is 2.64 bits per heavy atom. The van der Waals surface area contributed by atoms with Crippen molar-refractivity contribution in [2.45, 2.75) is 32.1 Å². The minimum atomic E-state index is -0.393. The number of thioether (sulfide) groups is 1. The fourth-order valence-electron chi connectivity index (χ4n) is 2.92. The number of anilines is 1. The van der Waals surface area contributed by atoms with Crippen LogP contribution in [0.5, 0.6) is 0 Å². The molecule has 2 unspecified atom stereocenters. The first-order chi connectivity index (χ1) is 13.4. The van der Waals surface area contributed by atoms with Gasteiger partial charge in [0.2, 0.25) is 11.8 Å². The van der Waals surface area contributed by atoms with Crippen LogP contribution < -0.4 is 10.6 Å². The summed E-state index contributed by atoms with van der Waals surface area (Å²) in [5, 5.41) is 11.3. The van der Waals surface area contributed by atoms with Crippen molar-refractivity contribution in [2.24, 2.45) is 0 Å². The second-order valence-electron chi connectivity index (χ2n) is 6.62. The molecule has 28 heavy (non-hydrogen) atoms. The summed E-state index contributed by atoms with van der Waals surface area (Å²) in [5.74, 6) is 0.874. The Morgan fingerprint density at radius 1 is 1.14 bits per heavy atom. The predicted molar refractivity (Wildman–Crippen MR) is 112 cm³/mol. The molecule has 0 aliphatic heterocycles. The van der Waals surface area contributed by atoms with Gasteiger partial charge in [0.05, 0.1) is 17.0 Å². The van der Waals surface area contributed by atoms with Gasteiger partial charge in [-0.15, -0.1) is 11.8 Å². The molecular formula is C21H23N3O3S. The standard InChI is InChI=1S/C21H23N3O3S/c1-13-11-19(24-27-13)23-21(26)15(3)28-12-20(25)22-14(2)17-10-6-8-16-7-4-5-9-18(16)17/h4-11,14-15H,12H2,1-3H3,(H,22,25)(H,23,24,26). The van der Waals surface area contributed by atoms with Crippen molar-refractivity contribution in [1.29, 1.82) is 0 Å². The largest absolute Gasteiger partial charge is 0.360 e. The molecule has 0 aliphatic rings. The van der Waals surface area contributed by atoms with Crippen molar-refractivity contribution in [3.63, 3.8) is 0 Å². The van der Waals surface area contributed by atoms with Crippen LogP contribution in [0, 0.1) is 6.92 Å². The van der Waals surface area contributed by atoms with E-state index in [1.807, 2.05) is 31.2 Å². The van der Waals surface area contributed by atoms with Crippen LogP contribution in [0.1, 0.15) is 31.2 Å². The Kier molecular flexibility index (Phi) is 6.36. The van der Waals surface area contributed by atoms with Gasteiger partial charge >= 0.3 is 0 Å².